The van der Waals surface area contributed by atoms with E-state index >= 15 is 0 Å². The highest BCUT2D eigenvalue weighted by molar-refractivity contribution is 7.89. The molecule has 31 heavy (non-hydrogen) atoms. The van der Waals surface area contributed by atoms with E-state index in [1.807, 2.05) is 43.3 Å². The van der Waals surface area contributed by atoms with Gasteiger partial charge in [0.15, 0.2) is 5.96 Å². The van der Waals surface area contributed by atoms with Gasteiger partial charge in [-0.3, -0.25) is 0 Å². The topological polar surface area (TPSA) is 83.0 Å². The Hall–Kier alpha value is -2.58. The Morgan fingerprint density at radius 1 is 1.03 bits per heavy atom. The van der Waals surface area contributed by atoms with E-state index in [2.05, 4.69) is 15.6 Å². The quantitative estimate of drug-likeness (QED) is 0.483. The lowest BCUT2D eigenvalue weighted by Gasteiger charge is -2.27. The van der Waals surface area contributed by atoms with Crippen molar-refractivity contribution in [3.63, 3.8) is 0 Å². The summed E-state index contributed by atoms with van der Waals surface area (Å²) in [5.74, 6) is 1.45. The molecule has 0 spiro atoms. The van der Waals surface area contributed by atoms with E-state index in [1.165, 1.54) is 0 Å². The Morgan fingerprint density at radius 3 is 2.42 bits per heavy atom. The zero-order valence-electron chi connectivity index (χ0n) is 18.3. The number of sulfonamides is 1. The summed E-state index contributed by atoms with van der Waals surface area (Å²) in [7, 11) is -1.85. The van der Waals surface area contributed by atoms with Crippen molar-refractivity contribution in [3.05, 3.63) is 59.7 Å². The fourth-order valence-electron chi connectivity index (χ4n) is 3.57. The molecule has 0 unspecified atom stereocenters. The van der Waals surface area contributed by atoms with Crippen LogP contribution in [0.4, 0.5) is 0 Å². The van der Waals surface area contributed by atoms with Crippen molar-refractivity contribution in [1.29, 1.82) is 0 Å². The van der Waals surface area contributed by atoms with Gasteiger partial charge in [-0.15, -0.1) is 0 Å². The summed E-state index contributed by atoms with van der Waals surface area (Å²) >= 11 is 0. The second-order valence-corrected chi connectivity index (χ2v) is 9.38. The first kappa shape index (κ1) is 23.1. The number of ether oxygens (including phenoxy) is 1. The molecule has 0 amide bonds. The Kier molecular flexibility index (Phi) is 8.31. The molecule has 1 saturated heterocycles. The van der Waals surface area contributed by atoms with Crippen LogP contribution in [0, 0.1) is 0 Å². The van der Waals surface area contributed by atoms with Crippen LogP contribution in [0.5, 0.6) is 5.75 Å². The molecular weight excluding hydrogens is 412 g/mol. The first-order valence-corrected chi connectivity index (χ1v) is 12.2. The van der Waals surface area contributed by atoms with Gasteiger partial charge in [0.1, 0.15) is 5.75 Å². The van der Waals surface area contributed by atoms with Crippen molar-refractivity contribution in [3.8, 4) is 5.75 Å². The molecule has 2 N–H and O–H groups in total. The second-order valence-electron chi connectivity index (χ2n) is 7.47. The summed E-state index contributed by atoms with van der Waals surface area (Å²) in [6, 6.07) is 15.0. The van der Waals surface area contributed by atoms with Crippen molar-refractivity contribution >= 4 is 16.0 Å². The Bertz CT molecular complexity index is 969. The minimum Gasteiger partial charge on any atom is -0.497 e. The molecule has 0 atom stereocenters. The van der Waals surface area contributed by atoms with Gasteiger partial charge in [-0.05, 0) is 49.1 Å². The van der Waals surface area contributed by atoms with Crippen LogP contribution in [0.2, 0.25) is 0 Å². The first-order chi connectivity index (χ1) is 15.0. The lowest BCUT2D eigenvalue weighted by Crippen LogP contribution is -2.38. The van der Waals surface area contributed by atoms with E-state index in [1.54, 1.807) is 23.5 Å². The Labute approximate surface area is 185 Å². The van der Waals surface area contributed by atoms with Gasteiger partial charge in [0.2, 0.25) is 10.0 Å². The standard InChI is InChI=1S/C23H32N4O3S/c1-3-24-23(25-17-19-11-13-21(30-2)14-12-19)26-18-20-9-5-6-10-22(20)31(28,29)27-15-7-4-8-16-27/h5-6,9-14H,3-4,7-8,15-18H2,1-2H3,(H2,24,25,26). The van der Waals surface area contributed by atoms with Crippen LogP contribution in [0.1, 0.15) is 37.3 Å². The van der Waals surface area contributed by atoms with Crippen molar-refractivity contribution in [2.24, 2.45) is 4.99 Å². The molecule has 1 heterocycles. The maximum absolute atomic E-state index is 13.2. The predicted molar refractivity (Wildman–Crippen MR) is 124 cm³/mol. The average molecular weight is 445 g/mol. The van der Waals surface area contributed by atoms with Crippen LogP contribution in [0.25, 0.3) is 0 Å². The maximum atomic E-state index is 13.2. The average Bonchev–Trinajstić information content (AvgIpc) is 2.82. The smallest absolute Gasteiger partial charge is 0.243 e. The number of methoxy groups -OCH3 is 1. The fourth-order valence-corrected chi connectivity index (χ4v) is 5.31. The van der Waals surface area contributed by atoms with Gasteiger partial charge < -0.3 is 15.4 Å². The monoisotopic (exact) mass is 444 g/mol. The van der Waals surface area contributed by atoms with Crippen LogP contribution >= 0.6 is 0 Å². The van der Waals surface area contributed by atoms with Gasteiger partial charge in [-0.25, -0.2) is 13.4 Å². The van der Waals surface area contributed by atoms with E-state index < -0.39 is 10.0 Å². The second kappa shape index (κ2) is 11.2. The van der Waals surface area contributed by atoms with Crippen LogP contribution in [-0.4, -0.2) is 45.4 Å². The third-order valence-corrected chi connectivity index (χ3v) is 7.27. The van der Waals surface area contributed by atoms with Gasteiger partial charge in [-0.2, -0.15) is 4.31 Å². The number of piperidine rings is 1. The van der Waals surface area contributed by atoms with Gasteiger partial charge >= 0.3 is 0 Å². The van der Waals surface area contributed by atoms with Crippen molar-refractivity contribution in [2.45, 2.75) is 44.2 Å². The van der Waals surface area contributed by atoms with Crippen LogP contribution in [0.15, 0.2) is 58.4 Å². The summed E-state index contributed by atoms with van der Waals surface area (Å²) in [5.41, 5.74) is 1.80. The van der Waals surface area contributed by atoms with E-state index in [4.69, 9.17) is 4.74 Å². The minimum atomic E-state index is -3.49. The number of hydrogen-bond acceptors (Lipinski definition) is 4. The first-order valence-electron chi connectivity index (χ1n) is 10.8. The van der Waals surface area contributed by atoms with Crippen LogP contribution in [-0.2, 0) is 23.1 Å². The van der Waals surface area contributed by atoms with Gasteiger partial charge in [-0.1, -0.05) is 36.8 Å². The molecule has 1 fully saturated rings. The summed E-state index contributed by atoms with van der Waals surface area (Å²) in [6.45, 7) is 4.78. The Morgan fingerprint density at radius 2 is 1.74 bits per heavy atom. The number of aliphatic imine (C=N–C) groups is 1. The predicted octanol–water partition coefficient (Wildman–Crippen LogP) is 3.13. The van der Waals surface area contributed by atoms with E-state index in [0.717, 1.165) is 36.1 Å². The molecule has 2 aromatic rings. The zero-order valence-corrected chi connectivity index (χ0v) is 19.1. The molecular formula is C23H32N4O3S. The molecule has 0 bridgehead atoms. The molecule has 1 aliphatic heterocycles. The van der Waals surface area contributed by atoms with Crippen molar-refractivity contribution < 1.29 is 13.2 Å². The van der Waals surface area contributed by atoms with Gasteiger partial charge in [0.05, 0.1) is 18.6 Å². The van der Waals surface area contributed by atoms with E-state index in [0.29, 0.717) is 43.6 Å². The summed E-state index contributed by atoms with van der Waals surface area (Å²) < 4.78 is 33.2. The molecule has 0 aliphatic carbocycles. The molecule has 0 radical (unpaired) electrons. The molecule has 0 saturated carbocycles. The Balaban J connectivity index is 1.71. The summed E-state index contributed by atoms with van der Waals surface area (Å²) in [6.07, 6.45) is 2.93. The highest BCUT2D eigenvalue weighted by atomic mass is 32.2. The van der Waals surface area contributed by atoms with Crippen LogP contribution < -0.4 is 15.4 Å². The zero-order chi connectivity index (χ0) is 22.1. The molecule has 8 heteroatoms. The number of hydrogen-bond donors (Lipinski definition) is 2. The third-order valence-electron chi connectivity index (χ3n) is 5.27. The van der Waals surface area contributed by atoms with Gasteiger partial charge in [0, 0.05) is 26.2 Å². The van der Waals surface area contributed by atoms with Gasteiger partial charge in [0.25, 0.3) is 0 Å². The maximum Gasteiger partial charge on any atom is 0.243 e. The molecule has 1 aliphatic rings. The summed E-state index contributed by atoms with van der Waals surface area (Å²) in [5, 5.41) is 6.50. The lowest BCUT2D eigenvalue weighted by molar-refractivity contribution is 0.346. The van der Waals surface area contributed by atoms with Crippen molar-refractivity contribution in [1.82, 2.24) is 14.9 Å². The number of nitrogens with one attached hydrogen (secondary N) is 2. The molecule has 3 rings (SSSR count). The number of rotatable bonds is 8. The highest BCUT2D eigenvalue weighted by Crippen LogP contribution is 2.23. The summed E-state index contributed by atoms with van der Waals surface area (Å²) in [4.78, 5) is 5.00. The van der Waals surface area contributed by atoms with Crippen molar-refractivity contribution in [2.75, 3.05) is 26.7 Å². The fraction of sp³-hybridized carbons (Fsp3) is 0.435. The molecule has 168 valence electrons. The highest BCUT2D eigenvalue weighted by Gasteiger charge is 2.27. The molecule has 2 aromatic carbocycles. The third kappa shape index (κ3) is 6.21. The molecule has 7 nitrogen and oxygen atoms in total. The van der Waals surface area contributed by atoms with Crippen LogP contribution in [0.3, 0.4) is 0 Å². The number of guanidine groups is 1. The number of benzene rings is 2. The lowest BCUT2D eigenvalue weighted by atomic mass is 10.2. The minimum absolute atomic E-state index is 0.371. The normalized spacial score (nSPS) is 15.5. The van der Waals surface area contributed by atoms with E-state index in [9.17, 15) is 8.42 Å². The number of nitrogens with zero attached hydrogens (tertiary/aromatic N) is 2. The largest absolute Gasteiger partial charge is 0.497 e. The SMILES string of the molecule is CCNC(=NCc1ccc(OC)cc1)NCc1ccccc1S(=O)(=O)N1CCCCC1. The molecule has 0 aromatic heterocycles. The van der Waals surface area contributed by atoms with E-state index in [-0.39, 0.29) is 0 Å².